The van der Waals surface area contributed by atoms with Gasteiger partial charge >= 0.3 is 0 Å². The highest BCUT2D eigenvalue weighted by molar-refractivity contribution is 7.90. The van der Waals surface area contributed by atoms with Crippen LogP contribution in [0.3, 0.4) is 0 Å². The van der Waals surface area contributed by atoms with Crippen molar-refractivity contribution in [3.63, 3.8) is 0 Å². The number of benzene rings is 2. The molecule has 1 aromatic heterocycles. The lowest BCUT2D eigenvalue weighted by molar-refractivity contribution is 0.122. The highest BCUT2D eigenvalue weighted by Gasteiger charge is 2.19. The van der Waals surface area contributed by atoms with E-state index in [9.17, 15) is 8.42 Å². The van der Waals surface area contributed by atoms with Crippen LogP contribution < -0.4 is 4.90 Å². The first-order chi connectivity index (χ1) is 13.6. The number of nitrogens with zero attached hydrogens (tertiary/aromatic N) is 3. The highest BCUT2D eigenvalue weighted by Crippen LogP contribution is 2.26. The molecule has 1 saturated heterocycles. The molecule has 1 aliphatic heterocycles. The van der Waals surface area contributed by atoms with Gasteiger partial charge in [0, 0.05) is 24.8 Å². The van der Waals surface area contributed by atoms with E-state index in [2.05, 4.69) is 9.88 Å². The maximum atomic E-state index is 12.8. The number of sulfone groups is 1. The topological polar surface area (TPSA) is 72.4 Å². The minimum Gasteiger partial charge on any atom is -0.378 e. The normalized spacial score (nSPS) is 14.8. The van der Waals surface area contributed by atoms with E-state index < -0.39 is 9.84 Å². The SMILES string of the molecule is O=S(=O)(Cc1ccccc1-c1nccc(N2CCOCC2)n1)c1ccccc1. The van der Waals surface area contributed by atoms with Crippen LogP contribution in [0.1, 0.15) is 5.56 Å². The Morgan fingerprint density at radius 2 is 1.64 bits per heavy atom. The quantitative estimate of drug-likeness (QED) is 0.661. The molecule has 144 valence electrons. The van der Waals surface area contributed by atoms with Gasteiger partial charge in [-0.15, -0.1) is 0 Å². The molecule has 2 aromatic carbocycles. The molecule has 0 bridgehead atoms. The van der Waals surface area contributed by atoms with Gasteiger partial charge in [0.2, 0.25) is 0 Å². The van der Waals surface area contributed by atoms with E-state index in [4.69, 9.17) is 9.72 Å². The van der Waals surface area contributed by atoms with Crippen molar-refractivity contribution in [2.75, 3.05) is 31.2 Å². The monoisotopic (exact) mass is 395 g/mol. The Balaban J connectivity index is 1.67. The number of hydrogen-bond donors (Lipinski definition) is 0. The number of aromatic nitrogens is 2. The maximum Gasteiger partial charge on any atom is 0.182 e. The molecular weight excluding hydrogens is 374 g/mol. The zero-order valence-corrected chi connectivity index (χ0v) is 16.2. The van der Waals surface area contributed by atoms with Crippen LogP contribution in [0.2, 0.25) is 0 Å². The number of anilines is 1. The molecule has 0 spiro atoms. The second kappa shape index (κ2) is 8.08. The van der Waals surface area contributed by atoms with Crippen LogP contribution in [0.4, 0.5) is 5.82 Å². The fourth-order valence-corrected chi connectivity index (χ4v) is 4.63. The van der Waals surface area contributed by atoms with Crippen LogP contribution >= 0.6 is 0 Å². The van der Waals surface area contributed by atoms with Crippen molar-refractivity contribution >= 4 is 15.7 Å². The first-order valence-electron chi connectivity index (χ1n) is 9.15. The molecule has 7 heteroatoms. The Labute approximate surface area is 164 Å². The number of ether oxygens (including phenoxy) is 1. The molecule has 0 amide bonds. The van der Waals surface area contributed by atoms with Crippen LogP contribution in [-0.2, 0) is 20.3 Å². The molecule has 2 heterocycles. The van der Waals surface area contributed by atoms with E-state index in [1.807, 2.05) is 30.3 Å². The summed E-state index contributed by atoms with van der Waals surface area (Å²) in [7, 11) is -3.46. The van der Waals surface area contributed by atoms with Gasteiger partial charge in [-0.2, -0.15) is 0 Å². The Morgan fingerprint density at radius 1 is 0.929 bits per heavy atom. The summed E-state index contributed by atoms with van der Waals surface area (Å²) in [5.74, 6) is 1.26. The van der Waals surface area contributed by atoms with Crippen molar-refractivity contribution in [2.24, 2.45) is 0 Å². The van der Waals surface area contributed by atoms with Crippen LogP contribution in [0.5, 0.6) is 0 Å². The lowest BCUT2D eigenvalue weighted by atomic mass is 10.1. The molecule has 4 rings (SSSR count). The lowest BCUT2D eigenvalue weighted by Crippen LogP contribution is -2.36. The van der Waals surface area contributed by atoms with Gasteiger partial charge < -0.3 is 9.64 Å². The van der Waals surface area contributed by atoms with Gasteiger partial charge in [0.25, 0.3) is 0 Å². The lowest BCUT2D eigenvalue weighted by Gasteiger charge is -2.27. The van der Waals surface area contributed by atoms with E-state index in [0.717, 1.165) is 24.5 Å². The minimum atomic E-state index is -3.46. The molecule has 1 aliphatic rings. The molecule has 0 aliphatic carbocycles. The van der Waals surface area contributed by atoms with Crippen molar-refractivity contribution in [2.45, 2.75) is 10.6 Å². The van der Waals surface area contributed by atoms with Crippen molar-refractivity contribution in [1.29, 1.82) is 0 Å². The Bertz CT molecular complexity index is 1050. The third kappa shape index (κ3) is 4.05. The van der Waals surface area contributed by atoms with Gasteiger partial charge in [-0.25, -0.2) is 18.4 Å². The predicted octanol–water partition coefficient (Wildman–Crippen LogP) is 2.95. The Kier molecular flexibility index (Phi) is 5.36. The summed E-state index contributed by atoms with van der Waals surface area (Å²) in [5.41, 5.74) is 1.42. The average molecular weight is 395 g/mol. The first-order valence-corrected chi connectivity index (χ1v) is 10.8. The second-order valence-corrected chi connectivity index (χ2v) is 8.56. The molecule has 6 nitrogen and oxygen atoms in total. The average Bonchev–Trinajstić information content (AvgIpc) is 2.75. The van der Waals surface area contributed by atoms with Gasteiger partial charge in [-0.3, -0.25) is 0 Å². The number of hydrogen-bond acceptors (Lipinski definition) is 6. The summed E-state index contributed by atoms with van der Waals surface area (Å²) in [5, 5.41) is 0. The Morgan fingerprint density at radius 3 is 2.43 bits per heavy atom. The summed E-state index contributed by atoms with van der Waals surface area (Å²) < 4.78 is 31.1. The van der Waals surface area contributed by atoms with E-state index in [1.54, 1.807) is 36.5 Å². The molecule has 0 saturated carbocycles. The molecule has 1 fully saturated rings. The highest BCUT2D eigenvalue weighted by atomic mass is 32.2. The summed E-state index contributed by atoms with van der Waals surface area (Å²) in [4.78, 5) is 11.6. The summed E-state index contributed by atoms with van der Waals surface area (Å²) in [6.07, 6.45) is 1.72. The fraction of sp³-hybridized carbons (Fsp3) is 0.238. The summed E-state index contributed by atoms with van der Waals surface area (Å²) in [6.45, 7) is 2.90. The largest absolute Gasteiger partial charge is 0.378 e. The third-order valence-electron chi connectivity index (χ3n) is 4.68. The standard InChI is InChI=1S/C21H21N3O3S/c25-28(26,18-7-2-1-3-8-18)16-17-6-4-5-9-19(17)21-22-11-10-20(23-21)24-12-14-27-15-13-24/h1-11H,12-16H2. The fourth-order valence-electron chi connectivity index (χ4n) is 3.23. The van der Waals surface area contributed by atoms with Gasteiger partial charge in [0.15, 0.2) is 15.7 Å². The second-order valence-electron chi connectivity index (χ2n) is 6.57. The van der Waals surface area contributed by atoms with Crippen molar-refractivity contribution in [3.05, 3.63) is 72.4 Å². The molecular formula is C21H21N3O3S. The summed E-state index contributed by atoms with van der Waals surface area (Å²) >= 11 is 0. The third-order valence-corrected chi connectivity index (χ3v) is 6.36. The predicted molar refractivity (Wildman–Crippen MR) is 108 cm³/mol. The number of morpholine rings is 1. The van der Waals surface area contributed by atoms with Gasteiger partial charge in [-0.1, -0.05) is 42.5 Å². The molecule has 0 radical (unpaired) electrons. The maximum absolute atomic E-state index is 12.8. The van der Waals surface area contributed by atoms with Gasteiger partial charge in [0.05, 0.1) is 23.9 Å². The van der Waals surface area contributed by atoms with Crippen LogP contribution in [-0.4, -0.2) is 44.7 Å². The Hall–Kier alpha value is -2.77. The molecule has 3 aromatic rings. The van der Waals surface area contributed by atoms with E-state index in [1.165, 1.54) is 0 Å². The van der Waals surface area contributed by atoms with Crippen molar-refractivity contribution in [1.82, 2.24) is 9.97 Å². The number of rotatable bonds is 5. The van der Waals surface area contributed by atoms with Crippen LogP contribution in [0.15, 0.2) is 71.8 Å². The van der Waals surface area contributed by atoms with Gasteiger partial charge in [-0.05, 0) is 23.8 Å². The van der Waals surface area contributed by atoms with Crippen LogP contribution in [0.25, 0.3) is 11.4 Å². The summed E-state index contributed by atoms with van der Waals surface area (Å²) in [6, 6.07) is 17.8. The van der Waals surface area contributed by atoms with E-state index in [0.29, 0.717) is 29.5 Å². The van der Waals surface area contributed by atoms with Crippen molar-refractivity contribution < 1.29 is 13.2 Å². The molecule has 0 atom stereocenters. The zero-order chi connectivity index (χ0) is 19.4. The smallest absolute Gasteiger partial charge is 0.182 e. The molecule has 0 N–H and O–H groups in total. The first kappa shape index (κ1) is 18.6. The van der Waals surface area contributed by atoms with E-state index in [-0.39, 0.29) is 5.75 Å². The van der Waals surface area contributed by atoms with Gasteiger partial charge in [0.1, 0.15) is 5.82 Å². The van der Waals surface area contributed by atoms with Crippen LogP contribution in [0, 0.1) is 0 Å². The van der Waals surface area contributed by atoms with E-state index >= 15 is 0 Å². The molecule has 0 unspecified atom stereocenters. The molecule has 28 heavy (non-hydrogen) atoms. The minimum absolute atomic E-state index is 0.0989. The zero-order valence-electron chi connectivity index (χ0n) is 15.4. The van der Waals surface area contributed by atoms with Crippen molar-refractivity contribution in [3.8, 4) is 11.4 Å².